The maximum atomic E-state index is 11.7. The van der Waals surface area contributed by atoms with Gasteiger partial charge in [-0.2, -0.15) is 0 Å². The van der Waals surface area contributed by atoms with E-state index in [9.17, 15) is 9.90 Å². The van der Waals surface area contributed by atoms with Crippen molar-refractivity contribution in [1.29, 1.82) is 0 Å². The van der Waals surface area contributed by atoms with Gasteiger partial charge in [0.15, 0.2) is 5.60 Å². The molecule has 0 aromatic carbocycles. The Bertz CT molecular complexity index is 267. The van der Waals surface area contributed by atoms with Gasteiger partial charge < -0.3 is 9.84 Å². The summed E-state index contributed by atoms with van der Waals surface area (Å²) in [6.07, 6.45) is 2.61. The monoisotopic (exact) mass is 262 g/mol. The highest BCUT2D eigenvalue weighted by Crippen LogP contribution is 2.43. The third-order valence-corrected chi connectivity index (χ3v) is 3.98. The fourth-order valence-corrected chi connectivity index (χ4v) is 3.11. The van der Waals surface area contributed by atoms with E-state index in [-0.39, 0.29) is 5.92 Å². The second-order valence-corrected chi connectivity index (χ2v) is 5.85. The summed E-state index contributed by atoms with van der Waals surface area (Å²) in [5.74, 6) is 0.312. The molecule has 0 bridgehead atoms. The largest absolute Gasteiger partial charge is 0.479 e. The van der Waals surface area contributed by atoms with Crippen LogP contribution < -0.4 is 0 Å². The fraction of sp³-hybridized carbons (Fsp3) is 0.923. The Hall–Kier alpha value is -0.280. The lowest BCUT2D eigenvalue weighted by Crippen LogP contribution is -2.54. The third-order valence-electron chi connectivity index (χ3n) is 3.82. The van der Waals surface area contributed by atoms with E-state index in [2.05, 4.69) is 20.8 Å². The van der Waals surface area contributed by atoms with Gasteiger partial charge in [-0.1, -0.05) is 27.2 Å². The van der Waals surface area contributed by atoms with Crippen molar-refractivity contribution >= 4 is 17.6 Å². The summed E-state index contributed by atoms with van der Waals surface area (Å²) in [7, 11) is 0. The molecule has 0 heterocycles. The molecular formula is C13H23ClO3. The molecule has 1 fully saturated rings. The minimum Gasteiger partial charge on any atom is -0.479 e. The van der Waals surface area contributed by atoms with Crippen molar-refractivity contribution < 1.29 is 14.6 Å². The first-order valence-electron chi connectivity index (χ1n) is 6.37. The van der Waals surface area contributed by atoms with Gasteiger partial charge in [0.1, 0.15) is 0 Å². The molecule has 100 valence electrons. The number of rotatable bonds is 5. The zero-order chi connectivity index (χ0) is 13.1. The van der Waals surface area contributed by atoms with Crippen LogP contribution in [0.15, 0.2) is 0 Å². The summed E-state index contributed by atoms with van der Waals surface area (Å²) >= 11 is 5.63. The van der Waals surface area contributed by atoms with Crippen molar-refractivity contribution in [3.05, 3.63) is 0 Å². The molecule has 1 N–H and O–H groups in total. The molecule has 0 aromatic heterocycles. The normalized spacial score (nSPS) is 33.9. The standard InChI is InChI=1S/C13H23ClO3/c1-9(2)11-5-4-10(3)8-13(11,12(15)16)17-7-6-14/h9-11H,4-8H2,1-3H3,(H,15,16). The zero-order valence-electron chi connectivity index (χ0n) is 10.9. The van der Waals surface area contributed by atoms with Crippen LogP contribution in [0.2, 0.25) is 0 Å². The Labute approximate surface area is 108 Å². The van der Waals surface area contributed by atoms with Crippen LogP contribution in [0, 0.1) is 17.8 Å². The number of ether oxygens (including phenoxy) is 1. The first-order chi connectivity index (χ1) is 7.94. The second kappa shape index (κ2) is 6.05. The Morgan fingerprint density at radius 1 is 1.53 bits per heavy atom. The number of aliphatic carboxylic acids is 1. The maximum absolute atomic E-state index is 11.7. The van der Waals surface area contributed by atoms with E-state index in [1.807, 2.05) is 0 Å². The molecule has 4 heteroatoms. The van der Waals surface area contributed by atoms with Gasteiger partial charge in [-0.15, -0.1) is 11.6 Å². The summed E-state index contributed by atoms with van der Waals surface area (Å²) in [6.45, 7) is 6.55. The Morgan fingerprint density at radius 3 is 2.65 bits per heavy atom. The Balaban J connectivity index is 2.96. The van der Waals surface area contributed by atoms with Crippen molar-refractivity contribution in [2.24, 2.45) is 17.8 Å². The molecule has 1 saturated carbocycles. The maximum Gasteiger partial charge on any atom is 0.336 e. The summed E-state index contributed by atoms with van der Waals surface area (Å²) in [5.41, 5.74) is -1.03. The number of carboxylic acids is 1. The highest BCUT2D eigenvalue weighted by Gasteiger charge is 2.51. The highest BCUT2D eigenvalue weighted by atomic mass is 35.5. The topological polar surface area (TPSA) is 46.5 Å². The molecule has 3 unspecified atom stereocenters. The quantitative estimate of drug-likeness (QED) is 0.774. The third kappa shape index (κ3) is 3.14. The van der Waals surface area contributed by atoms with Gasteiger partial charge >= 0.3 is 5.97 Å². The smallest absolute Gasteiger partial charge is 0.336 e. The van der Waals surface area contributed by atoms with Crippen molar-refractivity contribution in [2.75, 3.05) is 12.5 Å². The summed E-state index contributed by atoms with van der Waals surface area (Å²) in [6, 6.07) is 0. The highest BCUT2D eigenvalue weighted by molar-refractivity contribution is 6.18. The summed E-state index contributed by atoms with van der Waals surface area (Å²) in [4.78, 5) is 11.7. The van der Waals surface area contributed by atoms with Crippen LogP contribution in [0.5, 0.6) is 0 Å². The van der Waals surface area contributed by atoms with Crippen LogP contribution in [-0.4, -0.2) is 29.2 Å². The molecule has 0 spiro atoms. The number of alkyl halides is 1. The SMILES string of the molecule is CC1CCC(C(C)C)C(OCCCl)(C(=O)O)C1. The van der Waals surface area contributed by atoms with E-state index in [0.717, 1.165) is 12.8 Å². The molecule has 0 radical (unpaired) electrons. The van der Waals surface area contributed by atoms with Gasteiger partial charge in [0.25, 0.3) is 0 Å². The average Bonchev–Trinajstić information content (AvgIpc) is 2.25. The molecule has 1 aliphatic rings. The zero-order valence-corrected chi connectivity index (χ0v) is 11.7. The first-order valence-corrected chi connectivity index (χ1v) is 6.90. The molecule has 0 aliphatic heterocycles. The number of hydrogen-bond acceptors (Lipinski definition) is 2. The van der Waals surface area contributed by atoms with Gasteiger partial charge in [-0.05, 0) is 24.7 Å². The van der Waals surface area contributed by atoms with Crippen molar-refractivity contribution in [2.45, 2.75) is 45.6 Å². The number of carboxylic acid groups (broad SMARTS) is 1. The molecular weight excluding hydrogens is 240 g/mol. The fourth-order valence-electron chi connectivity index (χ4n) is 3.03. The summed E-state index contributed by atoms with van der Waals surface area (Å²) < 4.78 is 5.69. The Morgan fingerprint density at radius 2 is 2.18 bits per heavy atom. The lowest BCUT2D eigenvalue weighted by atomic mass is 9.67. The molecule has 0 saturated heterocycles. The molecule has 0 aromatic rings. The van der Waals surface area contributed by atoms with Gasteiger partial charge in [-0.25, -0.2) is 4.79 Å². The number of halogens is 1. The van der Waals surface area contributed by atoms with Crippen LogP contribution in [0.25, 0.3) is 0 Å². The van der Waals surface area contributed by atoms with Gasteiger partial charge in [0.2, 0.25) is 0 Å². The van der Waals surface area contributed by atoms with Gasteiger partial charge in [0, 0.05) is 11.8 Å². The average molecular weight is 263 g/mol. The molecule has 3 nitrogen and oxygen atoms in total. The minimum absolute atomic E-state index is 0.0828. The van der Waals surface area contributed by atoms with Crippen LogP contribution in [0.4, 0.5) is 0 Å². The van der Waals surface area contributed by atoms with E-state index in [0.29, 0.717) is 30.7 Å². The van der Waals surface area contributed by atoms with E-state index >= 15 is 0 Å². The number of hydrogen-bond donors (Lipinski definition) is 1. The first kappa shape index (κ1) is 14.8. The van der Waals surface area contributed by atoms with E-state index in [1.54, 1.807) is 0 Å². The Kier molecular flexibility index (Phi) is 5.26. The van der Waals surface area contributed by atoms with Crippen LogP contribution in [0.1, 0.15) is 40.0 Å². The summed E-state index contributed by atoms with van der Waals surface area (Å²) in [5, 5.41) is 9.58. The van der Waals surface area contributed by atoms with Gasteiger partial charge in [-0.3, -0.25) is 0 Å². The van der Waals surface area contributed by atoms with Crippen molar-refractivity contribution in [1.82, 2.24) is 0 Å². The second-order valence-electron chi connectivity index (χ2n) is 5.47. The molecule has 0 amide bonds. The number of carbonyl (C=O) groups is 1. The van der Waals surface area contributed by atoms with Crippen LogP contribution in [-0.2, 0) is 9.53 Å². The van der Waals surface area contributed by atoms with E-state index in [4.69, 9.17) is 16.3 Å². The predicted molar refractivity (Wildman–Crippen MR) is 68.4 cm³/mol. The van der Waals surface area contributed by atoms with Gasteiger partial charge in [0.05, 0.1) is 6.61 Å². The van der Waals surface area contributed by atoms with E-state index < -0.39 is 11.6 Å². The van der Waals surface area contributed by atoms with E-state index in [1.165, 1.54) is 0 Å². The predicted octanol–water partition coefficient (Wildman–Crippen LogP) is 3.16. The van der Waals surface area contributed by atoms with Crippen molar-refractivity contribution in [3.8, 4) is 0 Å². The molecule has 1 rings (SSSR count). The minimum atomic E-state index is -1.03. The van der Waals surface area contributed by atoms with Crippen LogP contribution in [0.3, 0.4) is 0 Å². The van der Waals surface area contributed by atoms with Crippen LogP contribution >= 0.6 is 11.6 Å². The molecule has 17 heavy (non-hydrogen) atoms. The lowest BCUT2D eigenvalue weighted by Gasteiger charge is -2.44. The van der Waals surface area contributed by atoms with Crippen molar-refractivity contribution in [3.63, 3.8) is 0 Å². The lowest BCUT2D eigenvalue weighted by molar-refractivity contribution is -0.186. The molecule has 3 atom stereocenters. The molecule has 1 aliphatic carbocycles.